The van der Waals surface area contributed by atoms with Crippen LogP contribution in [0.15, 0.2) is 6.07 Å². The van der Waals surface area contributed by atoms with Gasteiger partial charge >= 0.3 is 0 Å². The first-order valence-electron chi connectivity index (χ1n) is 6.88. The van der Waals surface area contributed by atoms with Gasteiger partial charge in [-0.25, -0.2) is 0 Å². The molecule has 1 N–H and O–H groups in total. The van der Waals surface area contributed by atoms with Crippen LogP contribution in [-0.2, 0) is 17.8 Å². The fraction of sp³-hybridized carbons (Fsp3) is 0.643. The highest BCUT2D eigenvalue weighted by atomic mass is 32.1. The molecular weight excluding hydrogens is 260 g/mol. The molecule has 0 bridgehead atoms. The van der Waals surface area contributed by atoms with E-state index in [0.29, 0.717) is 18.7 Å². The van der Waals surface area contributed by atoms with Crippen molar-refractivity contribution in [3.63, 3.8) is 0 Å². The normalized spacial score (nSPS) is 27.2. The quantitative estimate of drug-likeness (QED) is 0.850. The molecular formula is C14H20N2O2S. The van der Waals surface area contributed by atoms with Gasteiger partial charge < -0.3 is 15.0 Å². The van der Waals surface area contributed by atoms with Crippen molar-refractivity contribution >= 4 is 17.2 Å². The first kappa shape index (κ1) is 13.1. The Balaban J connectivity index is 1.77. The van der Waals surface area contributed by atoms with Crippen molar-refractivity contribution < 1.29 is 9.53 Å². The lowest BCUT2D eigenvalue weighted by atomic mass is 10.1. The molecule has 2 aliphatic heterocycles. The molecule has 1 aromatic heterocycles. The van der Waals surface area contributed by atoms with E-state index in [2.05, 4.69) is 19.2 Å². The summed E-state index contributed by atoms with van der Waals surface area (Å²) in [7, 11) is 0. The lowest BCUT2D eigenvalue weighted by Crippen LogP contribution is -2.55. The summed E-state index contributed by atoms with van der Waals surface area (Å²) in [5, 5.41) is 3.45. The molecule has 0 spiro atoms. The highest BCUT2D eigenvalue weighted by Gasteiger charge is 2.27. The van der Waals surface area contributed by atoms with Gasteiger partial charge in [-0.1, -0.05) is 0 Å². The van der Waals surface area contributed by atoms with Gasteiger partial charge in [0.15, 0.2) is 0 Å². The van der Waals surface area contributed by atoms with E-state index in [9.17, 15) is 4.79 Å². The van der Waals surface area contributed by atoms with Crippen LogP contribution in [0.5, 0.6) is 0 Å². The molecule has 1 saturated heterocycles. The molecule has 0 radical (unpaired) electrons. The minimum Gasteiger partial charge on any atom is -0.376 e. The standard InChI is InChI=1S/C14H20N2O2S/c1-9-6-16(7-10(2)15-9)14(17)13-5-11-8-18-4-3-12(11)19-13/h5,9-10,15H,3-4,6-8H2,1-2H3/t9-,10-/m0/s1. The molecule has 1 fully saturated rings. The minimum absolute atomic E-state index is 0.180. The summed E-state index contributed by atoms with van der Waals surface area (Å²) in [6.07, 6.45) is 0.946. The summed E-state index contributed by atoms with van der Waals surface area (Å²) in [6.45, 7) is 7.28. The molecule has 4 nitrogen and oxygen atoms in total. The third-order valence-corrected chi connectivity index (χ3v) is 4.91. The summed E-state index contributed by atoms with van der Waals surface area (Å²) in [5.74, 6) is 0.180. The van der Waals surface area contributed by atoms with Gasteiger partial charge in [0, 0.05) is 36.5 Å². The van der Waals surface area contributed by atoms with E-state index in [1.807, 2.05) is 11.0 Å². The van der Waals surface area contributed by atoms with Gasteiger partial charge in [-0.2, -0.15) is 0 Å². The molecule has 0 saturated carbocycles. The number of thiophene rings is 1. The van der Waals surface area contributed by atoms with Gasteiger partial charge in [0.2, 0.25) is 0 Å². The molecule has 0 aliphatic carbocycles. The Labute approximate surface area is 117 Å². The SMILES string of the molecule is C[C@H]1CN(C(=O)c2cc3c(s2)CCOC3)C[C@H](C)N1. The number of amides is 1. The maximum atomic E-state index is 12.6. The monoisotopic (exact) mass is 280 g/mol. The van der Waals surface area contributed by atoms with E-state index in [1.165, 1.54) is 10.4 Å². The lowest BCUT2D eigenvalue weighted by Gasteiger charge is -2.35. The van der Waals surface area contributed by atoms with Crippen molar-refractivity contribution in [2.75, 3.05) is 19.7 Å². The topological polar surface area (TPSA) is 41.6 Å². The third-order valence-electron chi connectivity index (χ3n) is 3.68. The van der Waals surface area contributed by atoms with E-state index in [0.717, 1.165) is 31.0 Å². The Morgan fingerprint density at radius 2 is 2.16 bits per heavy atom. The second kappa shape index (κ2) is 5.23. The van der Waals surface area contributed by atoms with Crippen LogP contribution in [0, 0.1) is 0 Å². The van der Waals surface area contributed by atoms with E-state index >= 15 is 0 Å². The Morgan fingerprint density at radius 1 is 1.42 bits per heavy atom. The summed E-state index contributed by atoms with van der Waals surface area (Å²) >= 11 is 1.65. The van der Waals surface area contributed by atoms with E-state index < -0.39 is 0 Å². The minimum atomic E-state index is 0.180. The average Bonchev–Trinajstić information content (AvgIpc) is 2.80. The second-order valence-corrected chi connectivity index (χ2v) is 6.68. The number of nitrogens with one attached hydrogen (secondary N) is 1. The third kappa shape index (κ3) is 2.68. The summed E-state index contributed by atoms with van der Waals surface area (Å²) in [4.78, 5) is 16.7. The molecule has 5 heteroatoms. The molecule has 104 valence electrons. The van der Waals surface area contributed by atoms with Crippen LogP contribution in [0.4, 0.5) is 0 Å². The van der Waals surface area contributed by atoms with Crippen LogP contribution in [0.1, 0.15) is 34.0 Å². The predicted molar refractivity (Wildman–Crippen MR) is 75.6 cm³/mol. The fourth-order valence-corrected chi connectivity index (χ4v) is 4.02. The van der Waals surface area contributed by atoms with Gasteiger partial charge in [-0.3, -0.25) is 4.79 Å². The fourth-order valence-electron chi connectivity index (χ4n) is 2.90. The maximum absolute atomic E-state index is 12.6. The molecule has 3 heterocycles. The highest BCUT2D eigenvalue weighted by Crippen LogP contribution is 2.28. The van der Waals surface area contributed by atoms with Crippen LogP contribution >= 0.6 is 11.3 Å². The highest BCUT2D eigenvalue weighted by molar-refractivity contribution is 7.14. The van der Waals surface area contributed by atoms with Crippen molar-refractivity contribution in [3.05, 3.63) is 21.4 Å². The Bertz CT molecular complexity index is 452. The molecule has 3 rings (SSSR count). The molecule has 0 aromatic carbocycles. The van der Waals surface area contributed by atoms with Gasteiger partial charge in [-0.15, -0.1) is 11.3 Å². The Kier molecular flexibility index (Phi) is 3.60. The first-order valence-corrected chi connectivity index (χ1v) is 7.70. The molecule has 0 unspecified atom stereocenters. The van der Waals surface area contributed by atoms with Crippen molar-refractivity contribution in [1.29, 1.82) is 0 Å². The largest absolute Gasteiger partial charge is 0.376 e. The molecule has 1 amide bonds. The number of nitrogens with zero attached hydrogens (tertiary/aromatic N) is 1. The summed E-state index contributed by atoms with van der Waals surface area (Å²) < 4.78 is 5.44. The van der Waals surface area contributed by atoms with Gasteiger partial charge in [0.05, 0.1) is 18.1 Å². The number of carbonyl (C=O) groups excluding carboxylic acids is 1. The number of fused-ring (bicyclic) bond motifs is 1. The predicted octanol–water partition coefficient (Wildman–Crippen LogP) is 1.64. The lowest BCUT2D eigenvalue weighted by molar-refractivity contribution is 0.0678. The van der Waals surface area contributed by atoms with Crippen LogP contribution in [-0.4, -0.2) is 42.6 Å². The summed E-state index contributed by atoms with van der Waals surface area (Å²) in [6, 6.07) is 2.76. The molecule has 19 heavy (non-hydrogen) atoms. The number of ether oxygens (including phenoxy) is 1. The first-order chi connectivity index (χ1) is 9.13. The van der Waals surface area contributed by atoms with Crippen LogP contribution in [0.25, 0.3) is 0 Å². The van der Waals surface area contributed by atoms with E-state index in [-0.39, 0.29) is 5.91 Å². The van der Waals surface area contributed by atoms with Gasteiger partial charge in [0.1, 0.15) is 0 Å². The average molecular weight is 280 g/mol. The number of piperazine rings is 1. The zero-order valence-corrected chi connectivity index (χ0v) is 12.3. The van der Waals surface area contributed by atoms with Crippen LogP contribution < -0.4 is 5.32 Å². The maximum Gasteiger partial charge on any atom is 0.264 e. The zero-order chi connectivity index (χ0) is 13.4. The Hall–Kier alpha value is -0.910. The summed E-state index contributed by atoms with van der Waals surface area (Å²) in [5.41, 5.74) is 1.20. The smallest absolute Gasteiger partial charge is 0.264 e. The molecule has 2 atom stereocenters. The molecule has 2 aliphatic rings. The van der Waals surface area contributed by atoms with Crippen molar-refractivity contribution in [2.45, 2.75) is 39.0 Å². The number of carbonyl (C=O) groups is 1. The van der Waals surface area contributed by atoms with Crippen molar-refractivity contribution in [2.24, 2.45) is 0 Å². The van der Waals surface area contributed by atoms with Gasteiger partial charge in [0.25, 0.3) is 5.91 Å². The van der Waals surface area contributed by atoms with Crippen molar-refractivity contribution in [3.8, 4) is 0 Å². The van der Waals surface area contributed by atoms with Crippen LogP contribution in [0.2, 0.25) is 0 Å². The number of rotatable bonds is 1. The molecule has 1 aromatic rings. The van der Waals surface area contributed by atoms with Crippen LogP contribution in [0.3, 0.4) is 0 Å². The van der Waals surface area contributed by atoms with Crippen molar-refractivity contribution in [1.82, 2.24) is 10.2 Å². The Morgan fingerprint density at radius 3 is 2.84 bits per heavy atom. The van der Waals surface area contributed by atoms with E-state index in [4.69, 9.17) is 4.74 Å². The number of hydrogen-bond acceptors (Lipinski definition) is 4. The van der Waals surface area contributed by atoms with Gasteiger partial charge in [-0.05, 0) is 25.5 Å². The second-order valence-electron chi connectivity index (χ2n) is 5.54. The van der Waals surface area contributed by atoms with E-state index in [1.54, 1.807) is 11.3 Å². The number of hydrogen-bond donors (Lipinski definition) is 1. The zero-order valence-electron chi connectivity index (χ0n) is 11.4.